The molecule has 1 fully saturated rings. The second-order valence-corrected chi connectivity index (χ2v) is 5.19. The molecule has 1 aliphatic carbocycles. The maximum absolute atomic E-state index is 12.0. The summed E-state index contributed by atoms with van der Waals surface area (Å²) >= 11 is 5.80. The molecule has 1 aliphatic rings. The molecule has 5 nitrogen and oxygen atoms in total. The van der Waals surface area contributed by atoms with E-state index < -0.39 is 6.04 Å². The van der Waals surface area contributed by atoms with Crippen molar-refractivity contribution in [3.63, 3.8) is 0 Å². The monoisotopic (exact) mass is 281 g/mol. The first-order chi connectivity index (χ1) is 8.95. The molecule has 19 heavy (non-hydrogen) atoms. The average Bonchev–Trinajstić information content (AvgIpc) is 3.11. The summed E-state index contributed by atoms with van der Waals surface area (Å²) in [5.74, 6) is -0.487. The minimum Gasteiger partial charge on any atom is -0.352 e. The molecule has 2 N–H and O–H groups in total. The Labute approximate surface area is 116 Å². The lowest BCUT2D eigenvalue weighted by atomic mass is 10.2. The van der Waals surface area contributed by atoms with Crippen molar-refractivity contribution < 1.29 is 9.59 Å². The first-order valence-electron chi connectivity index (χ1n) is 6.21. The van der Waals surface area contributed by atoms with E-state index in [1.54, 1.807) is 19.9 Å². The van der Waals surface area contributed by atoms with Gasteiger partial charge in [-0.2, -0.15) is 0 Å². The van der Waals surface area contributed by atoms with Crippen molar-refractivity contribution in [1.29, 1.82) is 0 Å². The summed E-state index contributed by atoms with van der Waals surface area (Å²) in [6, 6.07) is 2.83. The van der Waals surface area contributed by atoms with E-state index >= 15 is 0 Å². The fourth-order valence-electron chi connectivity index (χ4n) is 1.66. The number of pyridine rings is 1. The number of halogens is 1. The van der Waals surface area contributed by atoms with E-state index in [4.69, 9.17) is 11.6 Å². The van der Waals surface area contributed by atoms with Crippen molar-refractivity contribution in [3.8, 4) is 0 Å². The Bertz CT molecular complexity index is 494. The van der Waals surface area contributed by atoms with E-state index in [0.717, 1.165) is 12.8 Å². The zero-order valence-corrected chi connectivity index (χ0v) is 11.6. The Kier molecular flexibility index (Phi) is 4.04. The van der Waals surface area contributed by atoms with Crippen LogP contribution >= 0.6 is 11.6 Å². The van der Waals surface area contributed by atoms with Gasteiger partial charge in [0.2, 0.25) is 5.91 Å². The molecule has 0 saturated heterocycles. The van der Waals surface area contributed by atoms with Crippen molar-refractivity contribution in [1.82, 2.24) is 15.6 Å². The molecule has 6 heteroatoms. The van der Waals surface area contributed by atoms with Crippen molar-refractivity contribution >= 4 is 23.4 Å². The summed E-state index contributed by atoms with van der Waals surface area (Å²) in [7, 11) is 0. The van der Waals surface area contributed by atoms with Crippen LogP contribution in [-0.4, -0.2) is 28.9 Å². The molecule has 0 aliphatic heterocycles. The van der Waals surface area contributed by atoms with Gasteiger partial charge in [0.05, 0.1) is 0 Å². The van der Waals surface area contributed by atoms with Crippen LogP contribution in [0, 0.1) is 6.92 Å². The third-order valence-corrected chi connectivity index (χ3v) is 3.04. The van der Waals surface area contributed by atoms with Gasteiger partial charge in [-0.15, -0.1) is 0 Å². The third kappa shape index (κ3) is 3.92. The number of hydrogen-bond acceptors (Lipinski definition) is 3. The van der Waals surface area contributed by atoms with Crippen molar-refractivity contribution in [3.05, 3.63) is 28.5 Å². The summed E-state index contributed by atoms with van der Waals surface area (Å²) in [6.45, 7) is 3.41. The number of nitrogens with zero attached hydrogens (tertiary/aromatic N) is 1. The van der Waals surface area contributed by atoms with Crippen LogP contribution in [0.2, 0.25) is 5.15 Å². The molecule has 1 aromatic heterocycles. The lowest BCUT2D eigenvalue weighted by molar-refractivity contribution is -0.122. The zero-order valence-electron chi connectivity index (χ0n) is 10.9. The largest absolute Gasteiger partial charge is 0.352 e. The van der Waals surface area contributed by atoms with E-state index in [1.165, 1.54) is 6.07 Å². The molecular formula is C13H16ClN3O2. The van der Waals surface area contributed by atoms with Gasteiger partial charge in [0.15, 0.2) is 0 Å². The number of nitrogens with one attached hydrogen (secondary N) is 2. The van der Waals surface area contributed by atoms with Crippen molar-refractivity contribution in [2.45, 2.75) is 38.8 Å². The number of carbonyl (C=O) groups is 2. The minimum absolute atomic E-state index is 0.160. The first kappa shape index (κ1) is 13.8. The summed E-state index contributed by atoms with van der Waals surface area (Å²) < 4.78 is 0. The van der Waals surface area contributed by atoms with E-state index in [0.29, 0.717) is 11.3 Å². The van der Waals surface area contributed by atoms with E-state index in [1.807, 2.05) is 0 Å². The van der Waals surface area contributed by atoms with Crippen LogP contribution in [0.25, 0.3) is 0 Å². The molecule has 0 radical (unpaired) electrons. The summed E-state index contributed by atoms with van der Waals surface area (Å²) in [6.07, 6.45) is 2.04. The van der Waals surface area contributed by atoms with Crippen molar-refractivity contribution in [2.75, 3.05) is 0 Å². The first-order valence-corrected chi connectivity index (χ1v) is 6.59. The lowest BCUT2D eigenvalue weighted by Crippen LogP contribution is -2.45. The van der Waals surface area contributed by atoms with Crippen LogP contribution in [-0.2, 0) is 4.79 Å². The molecule has 2 amide bonds. The Morgan fingerprint density at radius 1 is 1.42 bits per heavy atom. The van der Waals surface area contributed by atoms with Gasteiger partial charge in [-0.3, -0.25) is 9.59 Å². The maximum Gasteiger partial charge on any atom is 0.252 e. The molecule has 0 bridgehead atoms. The quantitative estimate of drug-likeness (QED) is 0.821. The molecule has 1 atom stereocenters. The Hall–Kier alpha value is -1.62. The molecule has 2 rings (SSSR count). The fraction of sp³-hybridized carbons (Fsp3) is 0.462. The van der Waals surface area contributed by atoms with Crippen molar-refractivity contribution in [2.24, 2.45) is 0 Å². The van der Waals surface area contributed by atoms with Crippen LogP contribution in [0.5, 0.6) is 0 Å². The Balaban J connectivity index is 1.97. The molecule has 0 spiro atoms. The van der Waals surface area contributed by atoms with Crippen LogP contribution in [0.15, 0.2) is 12.1 Å². The third-order valence-electron chi connectivity index (χ3n) is 2.85. The predicted octanol–water partition coefficient (Wildman–Crippen LogP) is 1.44. The summed E-state index contributed by atoms with van der Waals surface area (Å²) in [5.41, 5.74) is 1.07. The van der Waals surface area contributed by atoms with Crippen LogP contribution in [0.4, 0.5) is 0 Å². The molecule has 1 unspecified atom stereocenters. The number of aryl methyl sites for hydroxylation is 1. The Morgan fingerprint density at radius 3 is 2.68 bits per heavy atom. The topological polar surface area (TPSA) is 71.1 Å². The van der Waals surface area contributed by atoms with Gasteiger partial charge in [0, 0.05) is 17.3 Å². The van der Waals surface area contributed by atoms with Gasteiger partial charge in [0.1, 0.15) is 11.2 Å². The number of hydrogen-bond donors (Lipinski definition) is 2. The highest BCUT2D eigenvalue weighted by Gasteiger charge is 2.26. The SMILES string of the molecule is Cc1cc(C(=O)NC(C)C(=O)NC2CC2)cc(Cl)n1. The number of aromatic nitrogens is 1. The molecular weight excluding hydrogens is 266 g/mol. The minimum atomic E-state index is -0.569. The molecule has 1 heterocycles. The van der Waals surface area contributed by atoms with Gasteiger partial charge in [-0.05, 0) is 38.8 Å². The highest BCUT2D eigenvalue weighted by Crippen LogP contribution is 2.18. The fourth-order valence-corrected chi connectivity index (χ4v) is 1.91. The van der Waals surface area contributed by atoms with Crippen LogP contribution in [0.3, 0.4) is 0 Å². The predicted molar refractivity (Wildman–Crippen MR) is 72.1 cm³/mol. The van der Waals surface area contributed by atoms with Crippen LogP contribution in [0.1, 0.15) is 35.8 Å². The van der Waals surface area contributed by atoms with Crippen LogP contribution < -0.4 is 10.6 Å². The highest BCUT2D eigenvalue weighted by atomic mass is 35.5. The summed E-state index contributed by atoms with van der Waals surface area (Å²) in [4.78, 5) is 27.7. The molecule has 1 aromatic rings. The van der Waals surface area contributed by atoms with E-state index in [2.05, 4.69) is 15.6 Å². The van der Waals surface area contributed by atoms with E-state index in [-0.39, 0.29) is 23.0 Å². The van der Waals surface area contributed by atoms with E-state index in [9.17, 15) is 9.59 Å². The van der Waals surface area contributed by atoms with Gasteiger partial charge >= 0.3 is 0 Å². The molecule has 1 saturated carbocycles. The van der Waals surface area contributed by atoms with Gasteiger partial charge in [-0.25, -0.2) is 4.98 Å². The van der Waals surface area contributed by atoms with Gasteiger partial charge in [0.25, 0.3) is 5.91 Å². The number of carbonyl (C=O) groups excluding carboxylic acids is 2. The molecule has 102 valence electrons. The second-order valence-electron chi connectivity index (χ2n) is 4.80. The highest BCUT2D eigenvalue weighted by molar-refractivity contribution is 6.29. The van der Waals surface area contributed by atoms with Gasteiger partial charge < -0.3 is 10.6 Å². The standard InChI is InChI=1S/C13H16ClN3O2/c1-7-5-9(6-11(14)15-7)13(19)16-8(2)12(18)17-10-3-4-10/h5-6,8,10H,3-4H2,1-2H3,(H,16,19)(H,17,18). The van der Waals surface area contributed by atoms with Gasteiger partial charge in [-0.1, -0.05) is 11.6 Å². The maximum atomic E-state index is 12.0. The Morgan fingerprint density at radius 2 is 2.11 bits per heavy atom. The second kappa shape index (κ2) is 5.57. The number of rotatable bonds is 4. The summed E-state index contributed by atoms with van der Waals surface area (Å²) in [5, 5.41) is 5.75. The normalized spacial score (nSPS) is 15.7. The average molecular weight is 282 g/mol. The number of amides is 2. The smallest absolute Gasteiger partial charge is 0.252 e. The molecule has 0 aromatic carbocycles. The zero-order chi connectivity index (χ0) is 14.0. The lowest BCUT2D eigenvalue weighted by Gasteiger charge is -2.14.